The zero-order valence-corrected chi connectivity index (χ0v) is 18.1. The van der Waals surface area contributed by atoms with Gasteiger partial charge in [0.25, 0.3) is 0 Å². The molecule has 0 aromatic rings. The predicted molar refractivity (Wildman–Crippen MR) is 110 cm³/mol. The van der Waals surface area contributed by atoms with Crippen molar-refractivity contribution in [2.24, 2.45) is 11.8 Å². The first-order valence-electron chi connectivity index (χ1n) is 11.4. The lowest BCUT2D eigenvalue weighted by atomic mass is 9.87. The molecule has 3 heterocycles. The molecular formula is C21H38ClN4O2+. The monoisotopic (exact) mass is 413 g/mol. The minimum atomic E-state index is -0.0731. The molecule has 3 saturated heterocycles. The minimum absolute atomic E-state index is 0.0468. The van der Waals surface area contributed by atoms with Crippen LogP contribution in [0.2, 0.25) is 0 Å². The van der Waals surface area contributed by atoms with Crippen LogP contribution in [0.5, 0.6) is 0 Å². The molecule has 0 bridgehead atoms. The van der Waals surface area contributed by atoms with E-state index in [2.05, 4.69) is 20.4 Å². The third-order valence-electron chi connectivity index (χ3n) is 7.60. The van der Waals surface area contributed by atoms with Crippen LogP contribution in [0.4, 0.5) is 0 Å². The molecule has 0 spiro atoms. The molecule has 4 aliphatic rings. The minimum Gasteiger partial charge on any atom is -0.468 e. The number of rotatable bonds is 5. The van der Waals surface area contributed by atoms with Gasteiger partial charge in [-0.15, -0.1) is 11.6 Å². The lowest BCUT2D eigenvalue weighted by molar-refractivity contribution is -0.678. The van der Waals surface area contributed by atoms with E-state index < -0.39 is 0 Å². The Hall–Kier alpha value is -0.400. The topological polar surface area (TPSA) is 61.4 Å². The fraction of sp³-hybridized carbons (Fsp3) is 0.952. The van der Waals surface area contributed by atoms with E-state index in [0.29, 0.717) is 23.4 Å². The maximum absolute atomic E-state index is 12.5. The molecule has 1 aliphatic carbocycles. The predicted octanol–water partition coefficient (Wildman–Crippen LogP) is 0.605. The summed E-state index contributed by atoms with van der Waals surface area (Å²) in [5.74, 6) is 1.39. The Balaban J connectivity index is 1.39. The normalized spacial score (nSPS) is 40.2. The van der Waals surface area contributed by atoms with Crippen molar-refractivity contribution in [3.05, 3.63) is 0 Å². The van der Waals surface area contributed by atoms with Crippen molar-refractivity contribution in [3.8, 4) is 0 Å². The summed E-state index contributed by atoms with van der Waals surface area (Å²) in [5, 5.41) is 6.38. The molecule has 0 aromatic heterocycles. The number of halogens is 1. The molecule has 4 rings (SSSR count). The Morgan fingerprint density at radius 3 is 2.64 bits per heavy atom. The van der Waals surface area contributed by atoms with Gasteiger partial charge in [0.05, 0.1) is 13.2 Å². The van der Waals surface area contributed by atoms with Gasteiger partial charge in [-0.2, -0.15) is 0 Å². The van der Waals surface area contributed by atoms with Crippen molar-refractivity contribution in [3.63, 3.8) is 0 Å². The number of ether oxygens (including phenoxy) is 1. The van der Waals surface area contributed by atoms with E-state index in [4.69, 9.17) is 16.3 Å². The van der Waals surface area contributed by atoms with Gasteiger partial charge in [-0.3, -0.25) is 9.69 Å². The van der Waals surface area contributed by atoms with Crippen LogP contribution in [-0.2, 0) is 9.53 Å². The molecule has 7 heteroatoms. The molecule has 3 N–H and O–H groups in total. The highest BCUT2D eigenvalue weighted by Gasteiger charge is 2.48. The number of carbonyl (C=O) groups is 1. The Morgan fingerprint density at radius 1 is 1.14 bits per heavy atom. The van der Waals surface area contributed by atoms with Gasteiger partial charge in [0.2, 0.25) is 0 Å². The first-order chi connectivity index (χ1) is 13.6. The number of nitrogens with zero attached hydrogens (tertiary/aromatic N) is 2. The van der Waals surface area contributed by atoms with Gasteiger partial charge in [-0.1, -0.05) is 0 Å². The fourth-order valence-electron chi connectivity index (χ4n) is 5.95. The number of esters is 1. The third-order valence-corrected chi connectivity index (χ3v) is 8.03. The van der Waals surface area contributed by atoms with Gasteiger partial charge >= 0.3 is 5.97 Å². The highest BCUT2D eigenvalue weighted by molar-refractivity contribution is 6.20. The first kappa shape index (κ1) is 20.9. The van der Waals surface area contributed by atoms with Crippen LogP contribution >= 0.6 is 11.6 Å². The number of piperidine rings is 2. The Morgan fingerprint density at radius 2 is 1.93 bits per heavy atom. The van der Waals surface area contributed by atoms with Gasteiger partial charge in [-0.25, -0.2) is 4.90 Å². The second kappa shape index (κ2) is 9.61. The van der Waals surface area contributed by atoms with Crippen LogP contribution in [0.1, 0.15) is 44.9 Å². The van der Waals surface area contributed by atoms with Crippen LogP contribution in [0.25, 0.3) is 0 Å². The van der Waals surface area contributed by atoms with Gasteiger partial charge in [0.15, 0.2) is 0 Å². The average molecular weight is 414 g/mol. The van der Waals surface area contributed by atoms with Crippen LogP contribution in [0, 0.1) is 11.8 Å². The number of carbonyl (C=O) groups excluding carboxylic acids is 1. The Kier molecular flexibility index (Phi) is 7.16. The van der Waals surface area contributed by atoms with E-state index in [1.54, 1.807) is 0 Å². The summed E-state index contributed by atoms with van der Waals surface area (Å²) in [6.45, 7) is 6.50. The van der Waals surface area contributed by atoms with Crippen molar-refractivity contribution >= 4 is 17.6 Å². The number of likely N-dealkylation sites (tertiary alicyclic amines) is 1. The number of hydrogen-bond acceptors (Lipinski definition) is 5. The number of quaternary nitrogens is 1. The second-order valence-electron chi connectivity index (χ2n) is 9.48. The maximum atomic E-state index is 12.5. The number of nitrogens with one attached hydrogen (secondary N) is 1. The van der Waals surface area contributed by atoms with Gasteiger partial charge in [0.1, 0.15) is 18.8 Å². The largest absolute Gasteiger partial charge is 0.468 e. The van der Waals surface area contributed by atoms with Crippen molar-refractivity contribution < 1.29 is 14.8 Å². The summed E-state index contributed by atoms with van der Waals surface area (Å²) in [6.07, 6.45) is 8.31. The third kappa shape index (κ3) is 4.84. The summed E-state index contributed by atoms with van der Waals surface area (Å²) < 4.78 is 5.18. The molecule has 0 amide bonds. The zero-order chi connectivity index (χ0) is 19.5. The van der Waals surface area contributed by atoms with E-state index >= 15 is 0 Å². The number of nitrogens with two attached hydrogens (primary N) is 1. The molecule has 160 valence electrons. The average Bonchev–Trinajstić information content (AvgIpc) is 3.11. The summed E-state index contributed by atoms with van der Waals surface area (Å²) in [4.78, 5) is 17.7. The quantitative estimate of drug-likeness (QED) is 0.510. The molecule has 3 aliphatic heterocycles. The number of hydrogen-bond donors (Lipinski definition) is 2. The van der Waals surface area contributed by atoms with Crippen LogP contribution in [0.15, 0.2) is 0 Å². The number of methoxy groups -OCH3 is 1. The summed E-state index contributed by atoms with van der Waals surface area (Å²) in [6, 6.07) is 1.01. The SMILES string of the molecule is COC(=O)C1CC2[NH2+]CN(CC3CCC(Cl)CC3)C2CN1CC1CCCNC1. The molecule has 4 atom stereocenters. The molecule has 28 heavy (non-hydrogen) atoms. The molecule has 0 radical (unpaired) electrons. The lowest BCUT2D eigenvalue weighted by Crippen LogP contribution is -2.89. The molecule has 4 unspecified atom stereocenters. The van der Waals surface area contributed by atoms with Gasteiger partial charge in [0, 0.05) is 31.4 Å². The summed E-state index contributed by atoms with van der Waals surface area (Å²) in [7, 11) is 1.53. The second-order valence-corrected chi connectivity index (χ2v) is 10.1. The van der Waals surface area contributed by atoms with E-state index in [0.717, 1.165) is 45.2 Å². The Labute approximate surface area is 174 Å². The maximum Gasteiger partial charge on any atom is 0.323 e. The van der Waals surface area contributed by atoms with E-state index in [1.165, 1.54) is 52.2 Å². The number of fused-ring (bicyclic) bond motifs is 1. The van der Waals surface area contributed by atoms with Crippen molar-refractivity contribution in [1.82, 2.24) is 15.1 Å². The van der Waals surface area contributed by atoms with Crippen molar-refractivity contribution in [2.75, 3.05) is 46.5 Å². The van der Waals surface area contributed by atoms with E-state index in [1.807, 2.05) is 0 Å². The fourth-order valence-corrected chi connectivity index (χ4v) is 6.21. The smallest absolute Gasteiger partial charge is 0.323 e. The van der Waals surface area contributed by atoms with E-state index in [9.17, 15) is 4.79 Å². The van der Waals surface area contributed by atoms with Gasteiger partial charge < -0.3 is 15.4 Å². The highest BCUT2D eigenvalue weighted by atomic mass is 35.5. The van der Waals surface area contributed by atoms with Crippen LogP contribution in [0.3, 0.4) is 0 Å². The molecule has 0 aromatic carbocycles. The van der Waals surface area contributed by atoms with Gasteiger partial charge in [-0.05, 0) is 63.5 Å². The van der Waals surface area contributed by atoms with Crippen molar-refractivity contribution in [1.29, 1.82) is 0 Å². The standard InChI is InChI=1S/C21H37ClN4O2/c1-28-21(27)19-9-18-20(13-25(19)12-16-3-2-8-23-10-16)26(14-24-18)11-15-4-6-17(22)7-5-15/h15-20,23-24H,2-14H2,1H3/p+1. The molecule has 6 nitrogen and oxygen atoms in total. The number of alkyl halides is 1. The summed E-state index contributed by atoms with van der Waals surface area (Å²) in [5.41, 5.74) is 0. The Bertz CT molecular complexity index is 523. The molecule has 1 saturated carbocycles. The highest BCUT2D eigenvalue weighted by Crippen LogP contribution is 2.31. The summed E-state index contributed by atoms with van der Waals surface area (Å²) >= 11 is 6.31. The molecule has 4 fully saturated rings. The molecular weight excluding hydrogens is 376 g/mol. The van der Waals surface area contributed by atoms with Crippen molar-refractivity contribution in [2.45, 2.75) is 68.4 Å². The van der Waals surface area contributed by atoms with Crippen LogP contribution in [-0.4, -0.2) is 85.8 Å². The first-order valence-corrected chi connectivity index (χ1v) is 11.8. The zero-order valence-electron chi connectivity index (χ0n) is 17.3. The van der Waals surface area contributed by atoms with Crippen LogP contribution < -0.4 is 10.6 Å². The van der Waals surface area contributed by atoms with E-state index in [-0.39, 0.29) is 12.0 Å². The lowest BCUT2D eigenvalue weighted by Gasteiger charge is -2.42.